The van der Waals surface area contributed by atoms with Crippen molar-refractivity contribution in [2.24, 2.45) is 10.8 Å². The second-order valence-electron chi connectivity index (χ2n) is 5.92. The number of hydrogen-bond donors (Lipinski definition) is 0. The molecule has 1 spiro atoms. The van der Waals surface area contributed by atoms with Gasteiger partial charge in [0.2, 0.25) is 0 Å². The van der Waals surface area contributed by atoms with Crippen LogP contribution in [0.2, 0.25) is 0 Å². The molecule has 0 aromatic carbocycles. The zero-order valence-corrected chi connectivity index (χ0v) is 11.1. The van der Waals surface area contributed by atoms with Gasteiger partial charge < -0.3 is 0 Å². The molecule has 2 rings (SSSR count). The van der Waals surface area contributed by atoms with E-state index in [1.807, 2.05) is 26.0 Å². The summed E-state index contributed by atoms with van der Waals surface area (Å²) in [5.74, 6) is 0.326. The van der Waals surface area contributed by atoms with Gasteiger partial charge in [0.05, 0.1) is 5.41 Å². The van der Waals surface area contributed by atoms with Crippen molar-refractivity contribution in [3.8, 4) is 0 Å². The van der Waals surface area contributed by atoms with Crippen molar-refractivity contribution in [2.45, 2.75) is 47.0 Å². The second-order valence-corrected chi connectivity index (χ2v) is 5.92. The molecular weight excluding hydrogens is 212 g/mol. The van der Waals surface area contributed by atoms with E-state index in [2.05, 4.69) is 13.8 Å². The molecule has 0 saturated carbocycles. The van der Waals surface area contributed by atoms with Crippen molar-refractivity contribution in [1.29, 1.82) is 0 Å². The van der Waals surface area contributed by atoms with Crippen LogP contribution in [0.3, 0.4) is 0 Å². The fraction of sp³-hybridized carbons (Fsp3) is 0.600. The Balaban J connectivity index is 2.56. The molecule has 2 heteroatoms. The second kappa shape index (κ2) is 3.66. The minimum atomic E-state index is -0.587. The molecule has 17 heavy (non-hydrogen) atoms. The summed E-state index contributed by atoms with van der Waals surface area (Å²) in [5, 5.41) is 0. The standard InChI is InChI=1S/C15H20O2/c1-5-12(16)11-8-14(3,4)9-15(11)10(2)6-7-13(15)17/h6,8H,5,7,9H2,1-4H3/t15-/m0/s1. The largest absolute Gasteiger partial charge is 0.298 e. The smallest absolute Gasteiger partial charge is 0.159 e. The van der Waals surface area contributed by atoms with Crippen molar-refractivity contribution in [3.05, 3.63) is 23.3 Å². The summed E-state index contributed by atoms with van der Waals surface area (Å²) >= 11 is 0. The SMILES string of the molecule is CCC(=O)C1=CC(C)(C)C[C@@]12C(=O)CC=C2C. The molecule has 0 fully saturated rings. The molecule has 0 radical (unpaired) electrons. The van der Waals surface area contributed by atoms with Crippen LogP contribution in [0.5, 0.6) is 0 Å². The molecule has 2 aliphatic carbocycles. The molecule has 0 aromatic rings. The first-order chi connectivity index (χ1) is 7.83. The van der Waals surface area contributed by atoms with E-state index >= 15 is 0 Å². The van der Waals surface area contributed by atoms with Crippen LogP contribution in [0, 0.1) is 10.8 Å². The number of rotatable bonds is 2. The number of ketones is 2. The topological polar surface area (TPSA) is 34.1 Å². The quantitative estimate of drug-likeness (QED) is 0.685. The van der Waals surface area contributed by atoms with Crippen molar-refractivity contribution < 1.29 is 9.59 Å². The Hall–Kier alpha value is -1.18. The highest BCUT2D eigenvalue weighted by Crippen LogP contribution is 2.56. The van der Waals surface area contributed by atoms with Gasteiger partial charge in [-0.25, -0.2) is 0 Å². The third-order valence-electron chi connectivity index (χ3n) is 4.08. The fourth-order valence-corrected chi connectivity index (χ4v) is 3.27. The van der Waals surface area contributed by atoms with Crippen LogP contribution in [-0.4, -0.2) is 11.6 Å². The lowest BCUT2D eigenvalue weighted by Gasteiger charge is -2.29. The molecule has 0 saturated heterocycles. The lowest BCUT2D eigenvalue weighted by atomic mass is 9.71. The fourth-order valence-electron chi connectivity index (χ4n) is 3.27. The third kappa shape index (κ3) is 1.62. The highest BCUT2D eigenvalue weighted by atomic mass is 16.1. The Kier molecular flexibility index (Phi) is 2.64. The Morgan fingerprint density at radius 1 is 1.41 bits per heavy atom. The van der Waals surface area contributed by atoms with Crippen molar-refractivity contribution >= 4 is 11.6 Å². The van der Waals surface area contributed by atoms with Crippen LogP contribution >= 0.6 is 0 Å². The van der Waals surface area contributed by atoms with Gasteiger partial charge in [0.1, 0.15) is 0 Å². The van der Waals surface area contributed by atoms with Crippen LogP contribution in [0.15, 0.2) is 23.3 Å². The molecule has 0 N–H and O–H groups in total. The molecule has 0 bridgehead atoms. The van der Waals surface area contributed by atoms with Gasteiger partial charge >= 0.3 is 0 Å². The predicted octanol–water partition coefficient (Wildman–Crippen LogP) is 3.23. The van der Waals surface area contributed by atoms with E-state index in [9.17, 15) is 9.59 Å². The maximum absolute atomic E-state index is 12.3. The summed E-state index contributed by atoms with van der Waals surface area (Å²) in [6, 6.07) is 0. The molecule has 2 aliphatic rings. The van der Waals surface area contributed by atoms with Crippen molar-refractivity contribution in [3.63, 3.8) is 0 Å². The minimum absolute atomic E-state index is 0.0603. The van der Waals surface area contributed by atoms with Crippen molar-refractivity contribution in [1.82, 2.24) is 0 Å². The molecule has 0 heterocycles. The first-order valence-corrected chi connectivity index (χ1v) is 6.30. The first kappa shape index (κ1) is 12.3. The van der Waals surface area contributed by atoms with Crippen LogP contribution in [0.1, 0.15) is 47.0 Å². The van der Waals surface area contributed by atoms with E-state index in [4.69, 9.17) is 0 Å². The van der Waals surface area contributed by atoms with Crippen LogP contribution in [0.25, 0.3) is 0 Å². The Labute approximate surface area is 103 Å². The van der Waals surface area contributed by atoms with Crippen LogP contribution in [-0.2, 0) is 9.59 Å². The Morgan fingerprint density at radius 3 is 2.53 bits per heavy atom. The zero-order chi connectivity index (χ0) is 12.8. The summed E-state index contributed by atoms with van der Waals surface area (Å²) in [5.41, 5.74) is 1.17. The first-order valence-electron chi connectivity index (χ1n) is 6.30. The van der Waals surface area contributed by atoms with Gasteiger partial charge in [0.25, 0.3) is 0 Å². The van der Waals surface area contributed by atoms with Crippen LogP contribution < -0.4 is 0 Å². The molecule has 0 amide bonds. The summed E-state index contributed by atoms with van der Waals surface area (Å²) in [4.78, 5) is 24.4. The molecule has 1 atom stereocenters. The average Bonchev–Trinajstić information content (AvgIpc) is 2.70. The molecule has 92 valence electrons. The molecule has 0 aliphatic heterocycles. The van der Waals surface area contributed by atoms with Gasteiger partial charge in [-0.05, 0) is 18.8 Å². The van der Waals surface area contributed by atoms with E-state index in [1.165, 1.54) is 0 Å². The van der Waals surface area contributed by atoms with Gasteiger partial charge in [-0.3, -0.25) is 9.59 Å². The average molecular weight is 232 g/mol. The number of carbonyl (C=O) groups excluding carboxylic acids is 2. The number of carbonyl (C=O) groups is 2. The highest BCUT2D eigenvalue weighted by molar-refractivity contribution is 6.08. The molecule has 0 aromatic heterocycles. The minimum Gasteiger partial charge on any atom is -0.298 e. The van der Waals surface area contributed by atoms with E-state index in [0.29, 0.717) is 12.8 Å². The summed E-state index contributed by atoms with van der Waals surface area (Å²) < 4.78 is 0. The van der Waals surface area contributed by atoms with E-state index < -0.39 is 5.41 Å². The summed E-state index contributed by atoms with van der Waals surface area (Å²) in [6.45, 7) is 8.05. The number of allylic oxidation sites excluding steroid dienone is 4. The number of hydrogen-bond acceptors (Lipinski definition) is 2. The predicted molar refractivity (Wildman–Crippen MR) is 67.6 cm³/mol. The maximum Gasteiger partial charge on any atom is 0.159 e. The van der Waals surface area contributed by atoms with E-state index in [1.54, 1.807) is 0 Å². The highest BCUT2D eigenvalue weighted by Gasteiger charge is 2.54. The molecule has 0 unspecified atom stereocenters. The normalized spacial score (nSPS) is 30.7. The van der Waals surface area contributed by atoms with Crippen LogP contribution in [0.4, 0.5) is 0 Å². The Morgan fingerprint density at radius 2 is 2.06 bits per heavy atom. The van der Waals surface area contributed by atoms with Gasteiger partial charge in [-0.15, -0.1) is 0 Å². The third-order valence-corrected chi connectivity index (χ3v) is 4.08. The van der Waals surface area contributed by atoms with Gasteiger partial charge in [0.15, 0.2) is 11.6 Å². The zero-order valence-electron chi connectivity index (χ0n) is 11.1. The van der Waals surface area contributed by atoms with Crippen molar-refractivity contribution in [2.75, 3.05) is 0 Å². The monoisotopic (exact) mass is 232 g/mol. The molecular formula is C15H20O2. The summed E-state index contributed by atoms with van der Waals surface area (Å²) in [6.07, 6.45) is 5.72. The Bertz CT molecular complexity index is 452. The number of Topliss-reactive ketones (excluding diaryl/α,β-unsaturated/α-hetero) is 2. The van der Waals surface area contributed by atoms with E-state index in [-0.39, 0.29) is 17.0 Å². The van der Waals surface area contributed by atoms with Gasteiger partial charge in [0, 0.05) is 18.4 Å². The van der Waals surface area contributed by atoms with Gasteiger partial charge in [-0.1, -0.05) is 38.5 Å². The van der Waals surface area contributed by atoms with E-state index in [0.717, 1.165) is 17.6 Å². The lowest BCUT2D eigenvalue weighted by Crippen LogP contribution is -2.32. The van der Waals surface area contributed by atoms with Gasteiger partial charge in [-0.2, -0.15) is 0 Å². The maximum atomic E-state index is 12.3. The molecule has 2 nitrogen and oxygen atoms in total. The lowest BCUT2D eigenvalue weighted by molar-refractivity contribution is -0.126. The summed E-state index contributed by atoms with van der Waals surface area (Å²) in [7, 11) is 0.